The fourth-order valence-electron chi connectivity index (χ4n) is 3.32. The highest BCUT2D eigenvalue weighted by Crippen LogP contribution is 2.14. The summed E-state index contributed by atoms with van der Waals surface area (Å²) in [6.45, 7) is 2.29. The zero-order chi connectivity index (χ0) is 17.7. The molecule has 0 saturated heterocycles. The molecule has 0 aromatic carbocycles. The molecule has 0 aromatic rings. The Kier molecular flexibility index (Phi) is 21.6. The van der Waals surface area contributed by atoms with Gasteiger partial charge >= 0.3 is 0 Å². The minimum Gasteiger partial charge on any atom is -0.598 e. The highest BCUT2D eigenvalue weighted by atomic mass is 32.2. The molecule has 0 fully saturated rings. The number of unbranched alkanes of at least 4 members (excludes halogenated alkanes) is 18. The Labute approximate surface area is 156 Å². The summed E-state index contributed by atoms with van der Waals surface area (Å²) in [5.41, 5.74) is 0. The molecule has 0 aliphatic carbocycles. The summed E-state index contributed by atoms with van der Waals surface area (Å²) in [7, 11) is 0. The van der Waals surface area contributed by atoms with E-state index in [-0.39, 0.29) is 0 Å². The molecule has 0 heterocycles. The van der Waals surface area contributed by atoms with Gasteiger partial charge in [-0.3, -0.25) is 0 Å². The highest BCUT2D eigenvalue weighted by molar-refractivity contribution is 7.89. The summed E-state index contributed by atoms with van der Waals surface area (Å²) in [5, 5.41) is 5.24. The zero-order valence-corrected chi connectivity index (χ0v) is 17.4. The van der Waals surface area contributed by atoms with E-state index in [0.29, 0.717) is 5.75 Å². The molecule has 3 heteroatoms. The Balaban J connectivity index is 2.95. The minimum absolute atomic E-state index is 0.679. The second-order valence-corrected chi connectivity index (χ2v) is 8.62. The van der Waals surface area contributed by atoms with E-state index in [2.05, 4.69) is 6.92 Å². The van der Waals surface area contributed by atoms with Gasteiger partial charge in [0.2, 0.25) is 0 Å². The molecule has 0 radical (unpaired) electrons. The molecule has 0 aliphatic rings. The van der Waals surface area contributed by atoms with Gasteiger partial charge in [-0.15, -0.1) is 0 Å². The molecule has 2 nitrogen and oxygen atoms in total. The lowest BCUT2D eigenvalue weighted by molar-refractivity contribution is 0.524. The average Bonchev–Trinajstić information content (AvgIpc) is 2.56. The maximum absolute atomic E-state index is 10.7. The first-order valence-corrected chi connectivity index (χ1v) is 12.3. The lowest BCUT2D eigenvalue weighted by atomic mass is 10.0. The summed E-state index contributed by atoms with van der Waals surface area (Å²) in [6.07, 6.45) is 26.4. The van der Waals surface area contributed by atoms with Gasteiger partial charge in [0.25, 0.3) is 0 Å². The molecule has 0 aliphatic heterocycles. The second-order valence-electron chi connectivity index (χ2n) is 7.45. The summed E-state index contributed by atoms with van der Waals surface area (Å²) < 4.78 is 10.7. The number of nitrogens with two attached hydrogens (primary N) is 1. The van der Waals surface area contributed by atoms with E-state index in [0.717, 1.165) is 6.42 Å². The topological polar surface area (TPSA) is 49.1 Å². The van der Waals surface area contributed by atoms with Crippen molar-refractivity contribution in [2.45, 2.75) is 129 Å². The standard InChI is InChI=1S/C21H45NOS/c1-2-3-4-5-6-7-8-9-10-11-12-13-14-15-16-17-18-19-20-21-24(22)23/h2-22H2,1H3. The van der Waals surface area contributed by atoms with E-state index < -0.39 is 11.4 Å². The van der Waals surface area contributed by atoms with E-state index in [4.69, 9.17) is 5.14 Å². The van der Waals surface area contributed by atoms with E-state index in [9.17, 15) is 4.55 Å². The molecule has 0 amide bonds. The Morgan fingerprint density at radius 1 is 0.500 bits per heavy atom. The second kappa shape index (κ2) is 21.3. The number of hydrogen-bond acceptors (Lipinski definition) is 2. The molecule has 0 saturated carbocycles. The summed E-state index contributed by atoms with van der Waals surface area (Å²) >= 11 is -1.08. The Morgan fingerprint density at radius 2 is 0.750 bits per heavy atom. The van der Waals surface area contributed by atoms with Crippen LogP contribution < -0.4 is 5.14 Å². The Hall–Kier alpha value is 0.270. The van der Waals surface area contributed by atoms with E-state index in [1.165, 1.54) is 116 Å². The molecular weight excluding hydrogens is 314 g/mol. The van der Waals surface area contributed by atoms with Gasteiger partial charge in [0.1, 0.15) is 5.75 Å². The van der Waals surface area contributed by atoms with Crippen molar-refractivity contribution in [1.29, 1.82) is 0 Å². The first-order chi connectivity index (χ1) is 11.8. The Morgan fingerprint density at radius 3 is 1.00 bits per heavy atom. The Bertz CT molecular complexity index is 224. The quantitative estimate of drug-likeness (QED) is 0.187. The molecular formula is C21H45NOS. The predicted molar refractivity (Wildman–Crippen MR) is 111 cm³/mol. The van der Waals surface area contributed by atoms with Crippen LogP contribution in [0.15, 0.2) is 0 Å². The molecule has 2 N–H and O–H groups in total. The molecule has 0 bridgehead atoms. The van der Waals surface area contributed by atoms with Crippen molar-refractivity contribution in [3.8, 4) is 0 Å². The molecule has 0 aromatic heterocycles. The summed E-state index contributed by atoms with van der Waals surface area (Å²) in [4.78, 5) is 0. The van der Waals surface area contributed by atoms with Crippen LogP contribution in [0.2, 0.25) is 0 Å². The van der Waals surface area contributed by atoms with Crippen molar-refractivity contribution >= 4 is 11.4 Å². The van der Waals surface area contributed by atoms with Crippen molar-refractivity contribution in [3.05, 3.63) is 0 Å². The molecule has 0 spiro atoms. The number of hydrogen-bond donors (Lipinski definition) is 1. The highest BCUT2D eigenvalue weighted by Gasteiger charge is 1.98. The van der Waals surface area contributed by atoms with Crippen molar-refractivity contribution in [3.63, 3.8) is 0 Å². The smallest absolute Gasteiger partial charge is 0.125 e. The van der Waals surface area contributed by atoms with Crippen LogP contribution in [0.3, 0.4) is 0 Å². The van der Waals surface area contributed by atoms with Gasteiger partial charge < -0.3 is 4.55 Å². The van der Waals surface area contributed by atoms with Crippen molar-refractivity contribution in [2.75, 3.05) is 5.75 Å². The first-order valence-electron chi connectivity index (χ1n) is 10.9. The fraction of sp³-hybridized carbons (Fsp3) is 1.00. The SMILES string of the molecule is CCCCCCCCCCCCCCCCCCCCC[S+](N)[O-]. The van der Waals surface area contributed by atoms with Crippen LogP contribution in [0, 0.1) is 0 Å². The van der Waals surface area contributed by atoms with Gasteiger partial charge in [-0.1, -0.05) is 116 Å². The third-order valence-corrected chi connectivity index (χ3v) is 5.64. The minimum atomic E-state index is -1.08. The molecule has 24 heavy (non-hydrogen) atoms. The third-order valence-electron chi connectivity index (χ3n) is 4.95. The van der Waals surface area contributed by atoms with Gasteiger partial charge in [-0.05, 0) is 12.8 Å². The van der Waals surface area contributed by atoms with Gasteiger partial charge in [-0.25, -0.2) is 0 Å². The van der Waals surface area contributed by atoms with E-state index >= 15 is 0 Å². The maximum atomic E-state index is 10.7. The van der Waals surface area contributed by atoms with Gasteiger partial charge in [0.05, 0.1) is 0 Å². The lowest BCUT2D eigenvalue weighted by Crippen LogP contribution is -2.16. The molecule has 0 rings (SSSR count). The van der Waals surface area contributed by atoms with E-state index in [1.807, 2.05) is 0 Å². The normalized spacial score (nSPS) is 12.6. The van der Waals surface area contributed by atoms with Crippen LogP contribution in [-0.2, 0) is 11.4 Å². The zero-order valence-electron chi connectivity index (χ0n) is 16.5. The van der Waals surface area contributed by atoms with Crippen LogP contribution in [-0.4, -0.2) is 10.3 Å². The fourth-order valence-corrected chi connectivity index (χ4v) is 3.81. The van der Waals surface area contributed by atoms with E-state index in [1.54, 1.807) is 0 Å². The van der Waals surface area contributed by atoms with Crippen molar-refractivity contribution < 1.29 is 4.55 Å². The van der Waals surface area contributed by atoms with Crippen LogP contribution in [0.25, 0.3) is 0 Å². The molecule has 1 atom stereocenters. The van der Waals surface area contributed by atoms with Gasteiger partial charge in [0.15, 0.2) is 0 Å². The van der Waals surface area contributed by atoms with Crippen molar-refractivity contribution in [1.82, 2.24) is 0 Å². The van der Waals surface area contributed by atoms with Crippen LogP contribution in [0.4, 0.5) is 0 Å². The predicted octanol–water partition coefficient (Wildman–Crippen LogP) is 7.04. The lowest BCUT2D eigenvalue weighted by Gasteiger charge is -2.04. The average molecular weight is 360 g/mol. The van der Waals surface area contributed by atoms with Gasteiger partial charge in [-0.2, -0.15) is 5.14 Å². The van der Waals surface area contributed by atoms with Crippen LogP contribution in [0.1, 0.15) is 129 Å². The number of rotatable bonds is 20. The van der Waals surface area contributed by atoms with Crippen molar-refractivity contribution in [2.24, 2.45) is 5.14 Å². The van der Waals surface area contributed by atoms with Gasteiger partial charge in [0, 0.05) is 11.4 Å². The third kappa shape index (κ3) is 22.3. The maximum Gasteiger partial charge on any atom is 0.125 e. The molecule has 146 valence electrons. The summed E-state index contributed by atoms with van der Waals surface area (Å²) in [6, 6.07) is 0. The van der Waals surface area contributed by atoms with Crippen LogP contribution in [0.5, 0.6) is 0 Å². The summed E-state index contributed by atoms with van der Waals surface area (Å²) in [5.74, 6) is 0.679. The largest absolute Gasteiger partial charge is 0.598 e. The van der Waals surface area contributed by atoms with Crippen LogP contribution >= 0.6 is 0 Å². The first kappa shape index (κ1) is 24.3. The molecule has 1 unspecified atom stereocenters. The monoisotopic (exact) mass is 359 g/mol.